The fourth-order valence-electron chi connectivity index (χ4n) is 2.35. The first-order valence-corrected chi connectivity index (χ1v) is 6.92. The Hall–Kier alpha value is -1.33. The lowest BCUT2D eigenvalue weighted by Crippen LogP contribution is -2.15. The minimum atomic E-state index is 0.258. The van der Waals surface area contributed by atoms with Crippen molar-refractivity contribution in [3.8, 4) is 5.88 Å². The second-order valence-corrected chi connectivity index (χ2v) is 4.99. The molecule has 0 aromatic carbocycles. The highest BCUT2D eigenvalue weighted by molar-refractivity contribution is 6.30. The van der Waals surface area contributed by atoms with Crippen molar-refractivity contribution in [2.75, 3.05) is 13.2 Å². The summed E-state index contributed by atoms with van der Waals surface area (Å²) < 4.78 is 13.0. The number of nitrogens with zero attached hydrogens (tertiary/aromatic N) is 3. The number of aromatic nitrogens is 3. The largest absolute Gasteiger partial charge is 0.477 e. The molecule has 3 heterocycles. The third-order valence-electron chi connectivity index (χ3n) is 3.18. The summed E-state index contributed by atoms with van der Waals surface area (Å²) in [6.07, 6.45) is 4.43. The van der Waals surface area contributed by atoms with Gasteiger partial charge in [-0.05, 0) is 19.8 Å². The molecule has 0 radical (unpaired) electrons. The molecule has 1 aliphatic heterocycles. The lowest BCUT2D eigenvalue weighted by Gasteiger charge is -2.08. The molecule has 1 unspecified atom stereocenters. The van der Waals surface area contributed by atoms with Gasteiger partial charge in [-0.1, -0.05) is 11.6 Å². The van der Waals surface area contributed by atoms with Crippen LogP contribution in [0.4, 0.5) is 0 Å². The molecule has 1 saturated heterocycles. The zero-order valence-corrected chi connectivity index (χ0v) is 11.6. The highest BCUT2D eigenvalue weighted by Crippen LogP contribution is 2.26. The summed E-state index contributed by atoms with van der Waals surface area (Å²) in [5.74, 6) is 0.545. The molecule has 0 saturated carbocycles. The van der Waals surface area contributed by atoms with E-state index in [1.807, 2.05) is 17.8 Å². The highest BCUT2D eigenvalue weighted by atomic mass is 35.5. The van der Waals surface area contributed by atoms with Crippen molar-refractivity contribution in [2.45, 2.75) is 32.4 Å². The molecule has 0 amide bonds. The predicted octanol–water partition coefficient (Wildman–Crippen LogP) is 2.66. The summed E-state index contributed by atoms with van der Waals surface area (Å²) in [7, 11) is 0. The predicted molar refractivity (Wildman–Crippen MR) is 72.7 cm³/mol. The van der Waals surface area contributed by atoms with Crippen LogP contribution in [0.15, 0.2) is 12.3 Å². The molecule has 19 heavy (non-hydrogen) atoms. The molecule has 1 atom stereocenters. The van der Waals surface area contributed by atoms with Gasteiger partial charge >= 0.3 is 0 Å². The fourth-order valence-corrected chi connectivity index (χ4v) is 2.53. The SMILES string of the molecule is CCOc1nc(Cl)cc2nn(CC3CCCO3)cc12. The van der Waals surface area contributed by atoms with Crippen LogP contribution in [0.2, 0.25) is 5.15 Å². The van der Waals surface area contributed by atoms with Crippen LogP contribution in [0.25, 0.3) is 10.9 Å². The summed E-state index contributed by atoms with van der Waals surface area (Å²) >= 11 is 5.97. The van der Waals surface area contributed by atoms with E-state index in [1.165, 1.54) is 0 Å². The number of halogens is 1. The molecule has 102 valence electrons. The minimum absolute atomic E-state index is 0.258. The smallest absolute Gasteiger partial charge is 0.226 e. The van der Waals surface area contributed by atoms with Gasteiger partial charge in [0, 0.05) is 18.9 Å². The number of hydrogen-bond acceptors (Lipinski definition) is 4. The van der Waals surface area contributed by atoms with Crippen molar-refractivity contribution in [3.63, 3.8) is 0 Å². The maximum atomic E-state index is 5.97. The van der Waals surface area contributed by atoms with Crippen molar-refractivity contribution in [1.29, 1.82) is 0 Å². The number of pyridine rings is 1. The van der Waals surface area contributed by atoms with Crippen LogP contribution in [0, 0.1) is 0 Å². The van der Waals surface area contributed by atoms with Gasteiger partial charge in [-0.25, -0.2) is 4.98 Å². The highest BCUT2D eigenvalue weighted by Gasteiger charge is 2.18. The van der Waals surface area contributed by atoms with Crippen LogP contribution in [-0.2, 0) is 11.3 Å². The summed E-state index contributed by atoms with van der Waals surface area (Å²) in [6.45, 7) is 4.09. The van der Waals surface area contributed by atoms with E-state index in [0.29, 0.717) is 17.6 Å². The first-order valence-electron chi connectivity index (χ1n) is 6.54. The fraction of sp³-hybridized carbons (Fsp3) is 0.538. The van der Waals surface area contributed by atoms with Crippen LogP contribution in [-0.4, -0.2) is 34.1 Å². The maximum absolute atomic E-state index is 5.97. The first kappa shape index (κ1) is 12.7. The summed E-state index contributed by atoms with van der Waals surface area (Å²) in [5.41, 5.74) is 0.807. The number of ether oxygens (including phenoxy) is 2. The van der Waals surface area contributed by atoms with Gasteiger partial charge in [0.05, 0.1) is 24.6 Å². The van der Waals surface area contributed by atoms with E-state index in [0.717, 1.165) is 36.9 Å². The van der Waals surface area contributed by atoms with E-state index in [9.17, 15) is 0 Å². The van der Waals surface area contributed by atoms with Crippen molar-refractivity contribution >= 4 is 22.5 Å². The van der Waals surface area contributed by atoms with Crippen molar-refractivity contribution < 1.29 is 9.47 Å². The number of rotatable bonds is 4. The molecule has 0 bridgehead atoms. The Morgan fingerprint density at radius 3 is 3.21 bits per heavy atom. The Balaban J connectivity index is 1.92. The van der Waals surface area contributed by atoms with E-state index < -0.39 is 0 Å². The molecule has 3 rings (SSSR count). The van der Waals surface area contributed by atoms with Gasteiger partial charge < -0.3 is 9.47 Å². The Labute approximate surface area is 116 Å². The molecule has 2 aromatic rings. The standard InChI is InChI=1S/C13H16ClN3O2/c1-2-18-13-10-8-17(7-9-4-3-5-19-9)16-11(10)6-12(14)15-13/h6,8-9H,2-5,7H2,1H3. The molecule has 0 N–H and O–H groups in total. The summed E-state index contributed by atoms with van der Waals surface area (Å²) in [6, 6.07) is 1.76. The second-order valence-electron chi connectivity index (χ2n) is 4.60. The van der Waals surface area contributed by atoms with E-state index in [2.05, 4.69) is 10.1 Å². The topological polar surface area (TPSA) is 49.2 Å². The van der Waals surface area contributed by atoms with Gasteiger partial charge in [0.15, 0.2) is 0 Å². The van der Waals surface area contributed by atoms with Crippen LogP contribution in [0.3, 0.4) is 0 Å². The van der Waals surface area contributed by atoms with Gasteiger partial charge in [-0.2, -0.15) is 5.10 Å². The average molecular weight is 282 g/mol. The minimum Gasteiger partial charge on any atom is -0.477 e. The van der Waals surface area contributed by atoms with Crippen molar-refractivity contribution in [3.05, 3.63) is 17.4 Å². The summed E-state index contributed by atoms with van der Waals surface area (Å²) in [4.78, 5) is 4.19. The molecule has 6 heteroatoms. The van der Waals surface area contributed by atoms with Crippen LogP contribution in [0.1, 0.15) is 19.8 Å². The van der Waals surface area contributed by atoms with Gasteiger partial charge in [-0.3, -0.25) is 4.68 Å². The van der Waals surface area contributed by atoms with Crippen LogP contribution >= 0.6 is 11.6 Å². The molecule has 0 spiro atoms. The molecule has 5 nitrogen and oxygen atoms in total. The molecule has 2 aromatic heterocycles. The van der Waals surface area contributed by atoms with E-state index in [4.69, 9.17) is 21.1 Å². The number of fused-ring (bicyclic) bond motifs is 1. The van der Waals surface area contributed by atoms with E-state index in [-0.39, 0.29) is 6.10 Å². The Morgan fingerprint density at radius 2 is 2.47 bits per heavy atom. The van der Waals surface area contributed by atoms with E-state index in [1.54, 1.807) is 6.07 Å². The normalized spacial score (nSPS) is 19.2. The van der Waals surface area contributed by atoms with Crippen LogP contribution < -0.4 is 4.74 Å². The zero-order valence-electron chi connectivity index (χ0n) is 10.8. The quantitative estimate of drug-likeness (QED) is 0.809. The van der Waals surface area contributed by atoms with Gasteiger partial charge in [0.25, 0.3) is 0 Å². The first-order chi connectivity index (χ1) is 9.26. The second kappa shape index (κ2) is 5.35. The monoisotopic (exact) mass is 281 g/mol. The van der Waals surface area contributed by atoms with E-state index >= 15 is 0 Å². The third-order valence-corrected chi connectivity index (χ3v) is 3.37. The molecule has 0 aliphatic carbocycles. The molecule has 1 aliphatic rings. The van der Waals surface area contributed by atoms with Crippen LogP contribution in [0.5, 0.6) is 5.88 Å². The number of hydrogen-bond donors (Lipinski definition) is 0. The van der Waals surface area contributed by atoms with Gasteiger partial charge in [0.2, 0.25) is 5.88 Å². The van der Waals surface area contributed by atoms with Crippen molar-refractivity contribution in [2.24, 2.45) is 0 Å². The molecular formula is C13H16ClN3O2. The maximum Gasteiger partial charge on any atom is 0.226 e. The average Bonchev–Trinajstić information content (AvgIpc) is 2.99. The Bertz CT molecular complexity index is 579. The van der Waals surface area contributed by atoms with Gasteiger partial charge in [-0.15, -0.1) is 0 Å². The third kappa shape index (κ3) is 2.67. The molecule has 1 fully saturated rings. The lowest BCUT2D eigenvalue weighted by atomic mass is 10.2. The zero-order chi connectivity index (χ0) is 13.2. The molecular weight excluding hydrogens is 266 g/mol. The Morgan fingerprint density at radius 1 is 1.58 bits per heavy atom. The van der Waals surface area contributed by atoms with Crippen molar-refractivity contribution in [1.82, 2.24) is 14.8 Å². The summed E-state index contributed by atoms with van der Waals surface area (Å²) in [5, 5.41) is 5.81. The lowest BCUT2D eigenvalue weighted by molar-refractivity contribution is 0.0942. The van der Waals surface area contributed by atoms with Gasteiger partial charge in [0.1, 0.15) is 10.7 Å². The Kier molecular flexibility index (Phi) is 3.57.